The van der Waals surface area contributed by atoms with E-state index in [1.807, 2.05) is 6.92 Å². The first-order valence-corrected chi connectivity index (χ1v) is 5.57. The number of hydrogen-bond acceptors (Lipinski definition) is 5. The summed E-state index contributed by atoms with van der Waals surface area (Å²) in [5.74, 6) is -0.891. The van der Waals surface area contributed by atoms with E-state index in [1.165, 1.54) is 0 Å². The molecule has 0 bridgehead atoms. The second-order valence-corrected chi connectivity index (χ2v) is 3.88. The SMILES string of the molecule is CCC(C)[C@H](NC(=O)NCc1ncon1)C(=O)O. The Morgan fingerprint density at radius 1 is 1.56 bits per heavy atom. The summed E-state index contributed by atoms with van der Waals surface area (Å²) in [6.07, 6.45) is 1.80. The molecule has 0 radical (unpaired) electrons. The fourth-order valence-electron chi connectivity index (χ4n) is 1.30. The molecule has 0 aromatic carbocycles. The lowest BCUT2D eigenvalue weighted by Gasteiger charge is -2.20. The minimum atomic E-state index is -1.06. The molecule has 2 atom stereocenters. The molecule has 100 valence electrons. The maximum Gasteiger partial charge on any atom is 0.326 e. The molecule has 1 aromatic rings. The minimum absolute atomic E-state index is 0.0785. The average molecular weight is 256 g/mol. The lowest BCUT2D eigenvalue weighted by molar-refractivity contribution is -0.140. The average Bonchev–Trinajstić information content (AvgIpc) is 2.85. The van der Waals surface area contributed by atoms with Gasteiger partial charge in [-0.3, -0.25) is 0 Å². The van der Waals surface area contributed by atoms with E-state index in [4.69, 9.17) is 5.11 Å². The van der Waals surface area contributed by atoms with Crippen LogP contribution in [0.5, 0.6) is 0 Å². The quantitative estimate of drug-likeness (QED) is 0.676. The highest BCUT2D eigenvalue weighted by Crippen LogP contribution is 2.07. The smallest absolute Gasteiger partial charge is 0.326 e. The first-order valence-electron chi connectivity index (χ1n) is 5.57. The predicted octanol–water partition coefficient (Wildman–Crippen LogP) is 0.368. The third-order valence-electron chi connectivity index (χ3n) is 2.58. The number of hydrogen-bond donors (Lipinski definition) is 3. The second-order valence-electron chi connectivity index (χ2n) is 3.88. The van der Waals surface area contributed by atoms with Crippen molar-refractivity contribution in [2.24, 2.45) is 5.92 Å². The molecule has 0 spiro atoms. The number of aromatic nitrogens is 2. The summed E-state index contributed by atoms with van der Waals surface area (Å²) in [6.45, 7) is 3.70. The molecule has 1 heterocycles. The summed E-state index contributed by atoms with van der Waals surface area (Å²) >= 11 is 0. The maximum atomic E-state index is 11.5. The van der Waals surface area contributed by atoms with Gasteiger partial charge >= 0.3 is 12.0 Å². The molecule has 1 aromatic heterocycles. The van der Waals surface area contributed by atoms with Gasteiger partial charge in [-0.05, 0) is 5.92 Å². The molecule has 0 aliphatic heterocycles. The van der Waals surface area contributed by atoms with Crippen molar-refractivity contribution in [3.8, 4) is 0 Å². The predicted molar refractivity (Wildman–Crippen MR) is 60.5 cm³/mol. The number of aliphatic carboxylic acids is 1. The van der Waals surface area contributed by atoms with Crippen molar-refractivity contribution in [1.29, 1.82) is 0 Å². The summed E-state index contributed by atoms with van der Waals surface area (Å²) in [6, 6.07) is -1.49. The van der Waals surface area contributed by atoms with Gasteiger partial charge in [0.25, 0.3) is 0 Å². The van der Waals surface area contributed by atoms with E-state index in [2.05, 4.69) is 25.3 Å². The van der Waals surface area contributed by atoms with Crippen LogP contribution in [0, 0.1) is 5.92 Å². The van der Waals surface area contributed by atoms with E-state index < -0.39 is 18.0 Å². The van der Waals surface area contributed by atoms with Gasteiger partial charge < -0.3 is 20.3 Å². The highest BCUT2D eigenvalue weighted by molar-refractivity contribution is 5.82. The number of carbonyl (C=O) groups excluding carboxylic acids is 1. The number of amides is 2. The van der Waals surface area contributed by atoms with Crippen molar-refractivity contribution in [1.82, 2.24) is 20.8 Å². The van der Waals surface area contributed by atoms with Crippen LogP contribution < -0.4 is 10.6 Å². The van der Waals surface area contributed by atoms with Crippen LogP contribution >= 0.6 is 0 Å². The molecule has 0 aliphatic carbocycles. The van der Waals surface area contributed by atoms with Crippen molar-refractivity contribution >= 4 is 12.0 Å². The minimum Gasteiger partial charge on any atom is -0.480 e. The van der Waals surface area contributed by atoms with Crippen LogP contribution in [0.25, 0.3) is 0 Å². The van der Waals surface area contributed by atoms with Crippen LogP contribution in [0.1, 0.15) is 26.1 Å². The Bertz CT molecular complexity index is 393. The molecule has 2 amide bonds. The van der Waals surface area contributed by atoms with Crippen LogP contribution in [0.15, 0.2) is 10.9 Å². The van der Waals surface area contributed by atoms with Crippen LogP contribution in [0.4, 0.5) is 4.79 Å². The van der Waals surface area contributed by atoms with Gasteiger partial charge in [-0.25, -0.2) is 9.59 Å². The first-order chi connectivity index (χ1) is 8.54. The summed E-state index contributed by atoms with van der Waals surface area (Å²) in [4.78, 5) is 26.2. The van der Waals surface area contributed by atoms with Crippen LogP contribution in [-0.4, -0.2) is 33.3 Å². The van der Waals surface area contributed by atoms with E-state index in [1.54, 1.807) is 6.92 Å². The van der Waals surface area contributed by atoms with Gasteiger partial charge in [0.05, 0.1) is 6.54 Å². The molecule has 8 nitrogen and oxygen atoms in total. The van der Waals surface area contributed by atoms with Gasteiger partial charge in [0.15, 0.2) is 5.82 Å². The van der Waals surface area contributed by atoms with Gasteiger partial charge in [-0.1, -0.05) is 25.4 Å². The number of urea groups is 1. The molecule has 0 fully saturated rings. The Labute approximate surface area is 104 Å². The summed E-state index contributed by atoms with van der Waals surface area (Å²) in [7, 11) is 0. The van der Waals surface area contributed by atoms with E-state index in [0.29, 0.717) is 12.2 Å². The normalized spacial score (nSPS) is 13.7. The van der Waals surface area contributed by atoms with E-state index in [0.717, 1.165) is 6.39 Å². The van der Waals surface area contributed by atoms with Crippen molar-refractivity contribution < 1.29 is 19.2 Å². The number of carboxylic acids is 1. The number of carbonyl (C=O) groups is 2. The number of nitrogens with zero attached hydrogens (tertiary/aromatic N) is 2. The molecule has 3 N–H and O–H groups in total. The number of carboxylic acid groups (broad SMARTS) is 1. The zero-order valence-electron chi connectivity index (χ0n) is 10.2. The van der Waals surface area contributed by atoms with E-state index in [9.17, 15) is 9.59 Å². The number of nitrogens with one attached hydrogen (secondary N) is 2. The van der Waals surface area contributed by atoms with Crippen molar-refractivity contribution in [3.05, 3.63) is 12.2 Å². The Balaban J connectivity index is 2.44. The highest BCUT2D eigenvalue weighted by atomic mass is 16.5. The van der Waals surface area contributed by atoms with Crippen LogP contribution in [-0.2, 0) is 11.3 Å². The lowest BCUT2D eigenvalue weighted by Crippen LogP contribution is -2.48. The van der Waals surface area contributed by atoms with Crippen LogP contribution in [0.3, 0.4) is 0 Å². The van der Waals surface area contributed by atoms with E-state index >= 15 is 0 Å². The molecule has 1 unspecified atom stereocenters. The molecule has 0 saturated carbocycles. The first kappa shape index (κ1) is 13.9. The van der Waals surface area contributed by atoms with Crippen molar-refractivity contribution in [2.45, 2.75) is 32.9 Å². The Hall–Kier alpha value is -2.12. The topological polar surface area (TPSA) is 117 Å². The van der Waals surface area contributed by atoms with Gasteiger partial charge in [0, 0.05) is 0 Å². The second kappa shape index (κ2) is 6.58. The maximum absolute atomic E-state index is 11.5. The summed E-state index contributed by atoms with van der Waals surface area (Å²) in [5, 5.41) is 17.3. The highest BCUT2D eigenvalue weighted by Gasteiger charge is 2.25. The lowest BCUT2D eigenvalue weighted by atomic mass is 9.99. The molecular weight excluding hydrogens is 240 g/mol. The van der Waals surface area contributed by atoms with E-state index in [-0.39, 0.29) is 12.5 Å². The van der Waals surface area contributed by atoms with Crippen LogP contribution in [0.2, 0.25) is 0 Å². The zero-order valence-corrected chi connectivity index (χ0v) is 10.2. The molecule has 0 saturated heterocycles. The summed E-state index contributed by atoms with van der Waals surface area (Å²) in [5.41, 5.74) is 0. The van der Waals surface area contributed by atoms with Gasteiger partial charge in [-0.15, -0.1) is 0 Å². The Morgan fingerprint density at radius 3 is 2.78 bits per heavy atom. The number of rotatable bonds is 6. The third kappa shape index (κ3) is 4.04. The van der Waals surface area contributed by atoms with Gasteiger partial charge in [-0.2, -0.15) is 4.98 Å². The molecule has 0 aliphatic rings. The fourth-order valence-corrected chi connectivity index (χ4v) is 1.30. The Kier molecular flexibility index (Phi) is 5.09. The third-order valence-corrected chi connectivity index (χ3v) is 2.58. The summed E-state index contributed by atoms with van der Waals surface area (Å²) < 4.78 is 4.49. The van der Waals surface area contributed by atoms with Gasteiger partial charge in [0.1, 0.15) is 6.04 Å². The largest absolute Gasteiger partial charge is 0.480 e. The van der Waals surface area contributed by atoms with Crippen molar-refractivity contribution in [3.63, 3.8) is 0 Å². The molecule has 18 heavy (non-hydrogen) atoms. The van der Waals surface area contributed by atoms with Crippen molar-refractivity contribution in [2.75, 3.05) is 0 Å². The monoisotopic (exact) mass is 256 g/mol. The molecule has 1 rings (SSSR count). The Morgan fingerprint density at radius 2 is 2.28 bits per heavy atom. The fraction of sp³-hybridized carbons (Fsp3) is 0.600. The molecular formula is C10H16N4O4. The standard InChI is InChI=1S/C10H16N4O4/c1-3-6(2)8(9(15)16)13-10(17)11-4-7-12-5-18-14-7/h5-6,8H,3-4H2,1-2H3,(H,15,16)(H2,11,13,17)/t6?,8-/m0/s1. The molecule has 8 heteroatoms. The zero-order chi connectivity index (χ0) is 13.5. The van der Waals surface area contributed by atoms with Gasteiger partial charge in [0.2, 0.25) is 6.39 Å².